The number of aliphatic hydroxyl groups is 1. The summed E-state index contributed by atoms with van der Waals surface area (Å²) in [6.45, 7) is 3.73. The van der Waals surface area contributed by atoms with Gasteiger partial charge in [0.15, 0.2) is 0 Å². The third kappa shape index (κ3) is 5.29. The lowest BCUT2D eigenvalue weighted by Crippen LogP contribution is -2.29. The Morgan fingerprint density at radius 2 is 1.95 bits per heavy atom. The molecule has 20 heavy (non-hydrogen) atoms. The van der Waals surface area contributed by atoms with E-state index in [1.54, 1.807) is 24.3 Å². The predicted octanol–water partition coefficient (Wildman–Crippen LogP) is 3.51. The number of rotatable bonds is 8. The van der Waals surface area contributed by atoms with Crippen LogP contribution in [0, 0.1) is 0 Å². The highest BCUT2D eigenvalue weighted by atomic mass is 19.1. The molecule has 1 aromatic carbocycles. The lowest BCUT2D eigenvalue weighted by molar-refractivity contribution is 0.00233. The third-order valence-corrected chi connectivity index (χ3v) is 3.23. The van der Waals surface area contributed by atoms with E-state index in [4.69, 9.17) is 4.74 Å². The van der Waals surface area contributed by atoms with E-state index >= 15 is 0 Å². The first-order chi connectivity index (χ1) is 9.58. The molecule has 0 heterocycles. The molecule has 3 nitrogen and oxygen atoms in total. The number of alkyl halides is 1. The molecule has 0 aliphatic carbocycles. The summed E-state index contributed by atoms with van der Waals surface area (Å²) in [5.74, 6) is -0.449. The van der Waals surface area contributed by atoms with E-state index in [0.717, 1.165) is 6.42 Å². The number of carbonyl (C=O) groups excluding carboxylic acids is 1. The van der Waals surface area contributed by atoms with Crippen LogP contribution in [0.1, 0.15) is 49.9 Å². The lowest BCUT2D eigenvalue weighted by Gasteiger charge is -2.21. The first kappa shape index (κ1) is 16.6. The molecule has 0 saturated heterocycles. The van der Waals surface area contributed by atoms with Gasteiger partial charge in [-0.2, -0.15) is 0 Å². The van der Waals surface area contributed by atoms with Crippen LogP contribution >= 0.6 is 0 Å². The summed E-state index contributed by atoms with van der Waals surface area (Å²) < 4.78 is 19.1. The minimum absolute atomic E-state index is 0.0379. The Hall–Kier alpha value is -1.42. The highest BCUT2D eigenvalue weighted by molar-refractivity contribution is 5.89. The molecule has 3 unspecified atom stereocenters. The summed E-state index contributed by atoms with van der Waals surface area (Å²) in [6.07, 6.45) is -1.14. The molecule has 0 saturated carbocycles. The Bertz CT molecular complexity index is 394. The van der Waals surface area contributed by atoms with Crippen molar-refractivity contribution in [3.05, 3.63) is 35.9 Å². The molecule has 3 atom stereocenters. The van der Waals surface area contributed by atoms with Crippen LogP contribution in [-0.2, 0) is 4.74 Å². The molecule has 112 valence electrons. The molecule has 1 rings (SSSR count). The first-order valence-electron chi connectivity index (χ1n) is 7.16. The van der Waals surface area contributed by atoms with Crippen molar-refractivity contribution in [1.29, 1.82) is 0 Å². The zero-order valence-corrected chi connectivity index (χ0v) is 12.1. The molecule has 0 bridgehead atoms. The Morgan fingerprint density at radius 3 is 2.50 bits per heavy atom. The van der Waals surface area contributed by atoms with Gasteiger partial charge in [0.2, 0.25) is 0 Å². The van der Waals surface area contributed by atoms with Gasteiger partial charge < -0.3 is 9.84 Å². The van der Waals surface area contributed by atoms with Gasteiger partial charge in [-0.3, -0.25) is 0 Å². The number of esters is 1. The van der Waals surface area contributed by atoms with Gasteiger partial charge in [-0.1, -0.05) is 38.5 Å². The maximum atomic E-state index is 13.8. The summed E-state index contributed by atoms with van der Waals surface area (Å²) in [4.78, 5) is 11.9. The molecular formula is C16H23FO3. The Labute approximate surface area is 119 Å². The molecule has 1 N–H and O–H groups in total. The minimum atomic E-state index is -1.36. The van der Waals surface area contributed by atoms with Gasteiger partial charge in [-0.05, 0) is 25.0 Å². The van der Waals surface area contributed by atoms with Crippen LogP contribution in [0.4, 0.5) is 4.39 Å². The van der Waals surface area contributed by atoms with E-state index < -0.39 is 24.3 Å². The van der Waals surface area contributed by atoms with Gasteiger partial charge in [-0.25, -0.2) is 9.18 Å². The van der Waals surface area contributed by atoms with E-state index in [2.05, 4.69) is 0 Å². The van der Waals surface area contributed by atoms with Gasteiger partial charge in [0, 0.05) is 6.42 Å². The summed E-state index contributed by atoms with van der Waals surface area (Å²) in [5, 5.41) is 9.60. The van der Waals surface area contributed by atoms with Crippen molar-refractivity contribution in [2.24, 2.45) is 0 Å². The predicted molar refractivity (Wildman–Crippen MR) is 76.4 cm³/mol. The number of aliphatic hydroxyl groups excluding tert-OH is 1. The zero-order valence-electron chi connectivity index (χ0n) is 12.1. The largest absolute Gasteiger partial charge is 0.459 e. The van der Waals surface area contributed by atoms with Crippen LogP contribution in [0.3, 0.4) is 0 Å². The van der Waals surface area contributed by atoms with Crippen molar-refractivity contribution in [3.63, 3.8) is 0 Å². The fourth-order valence-electron chi connectivity index (χ4n) is 1.98. The second-order valence-corrected chi connectivity index (χ2v) is 4.91. The lowest BCUT2D eigenvalue weighted by atomic mass is 10.0. The highest BCUT2D eigenvalue weighted by Gasteiger charge is 2.24. The van der Waals surface area contributed by atoms with Crippen LogP contribution in [0.5, 0.6) is 0 Å². The van der Waals surface area contributed by atoms with E-state index in [1.165, 1.54) is 0 Å². The minimum Gasteiger partial charge on any atom is -0.459 e. The molecule has 0 radical (unpaired) electrons. The monoisotopic (exact) mass is 282 g/mol. The molecular weight excluding hydrogens is 259 g/mol. The maximum absolute atomic E-state index is 13.8. The average molecular weight is 282 g/mol. The van der Waals surface area contributed by atoms with Crippen molar-refractivity contribution in [2.45, 2.75) is 57.9 Å². The molecule has 0 aromatic heterocycles. The topological polar surface area (TPSA) is 46.5 Å². The fraction of sp³-hybridized carbons (Fsp3) is 0.562. The molecule has 0 amide bonds. The smallest absolute Gasteiger partial charge is 0.338 e. The number of benzene rings is 1. The van der Waals surface area contributed by atoms with Crippen molar-refractivity contribution < 1.29 is 19.0 Å². The number of ether oxygens (including phenoxy) is 1. The quantitative estimate of drug-likeness (QED) is 0.742. The number of hydrogen-bond acceptors (Lipinski definition) is 3. The zero-order chi connectivity index (χ0) is 15.0. The summed E-state index contributed by atoms with van der Waals surface area (Å²) in [5.41, 5.74) is 0.454. The van der Waals surface area contributed by atoms with Crippen molar-refractivity contribution in [2.75, 3.05) is 0 Å². The summed E-state index contributed by atoms with van der Waals surface area (Å²) >= 11 is 0. The molecule has 0 spiro atoms. The number of carbonyl (C=O) groups is 1. The molecule has 1 aromatic rings. The Kier molecular flexibility index (Phi) is 7.23. The van der Waals surface area contributed by atoms with Crippen LogP contribution in [0.25, 0.3) is 0 Å². The summed E-state index contributed by atoms with van der Waals surface area (Å²) in [6, 6.07) is 8.63. The standard InChI is InChI=1S/C16H23FO3/c1-3-8-15(18)14(17)11-13(4-2)20-16(19)12-9-6-5-7-10-12/h5-7,9-10,13-15,18H,3-4,8,11H2,1-2H3. The highest BCUT2D eigenvalue weighted by Crippen LogP contribution is 2.17. The van der Waals surface area contributed by atoms with Crippen LogP contribution in [0.15, 0.2) is 30.3 Å². The normalized spacial score (nSPS) is 15.4. The Balaban J connectivity index is 2.53. The second kappa shape index (κ2) is 8.69. The SMILES string of the molecule is CCCC(O)C(F)CC(CC)OC(=O)c1ccccc1. The van der Waals surface area contributed by atoms with Crippen LogP contribution in [0.2, 0.25) is 0 Å². The van der Waals surface area contributed by atoms with E-state index in [-0.39, 0.29) is 6.42 Å². The van der Waals surface area contributed by atoms with Gasteiger partial charge in [-0.15, -0.1) is 0 Å². The van der Waals surface area contributed by atoms with Gasteiger partial charge in [0.05, 0.1) is 11.7 Å². The van der Waals surface area contributed by atoms with Gasteiger partial charge in [0.1, 0.15) is 12.3 Å². The van der Waals surface area contributed by atoms with E-state index in [1.807, 2.05) is 19.9 Å². The second-order valence-electron chi connectivity index (χ2n) is 4.91. The van der Waals surface area contributed by atoms with Crippen molar-refractivity contribution in [1.82, 2.24) is 0 Å². The number of hydrogen-bond donors (Lipinski definition) is 1. The van der Waals surface area contributed by atoms with Crippen molar-refractivity contribution in [3.8, 4) is 0 Å². The average Bonchev–Trinajstić information content (AvgIpc) is 2.47. The van der Waals surface area contributed by atoms with E-state index in [0.29, 0.717) is 18.4 Å². The van der Waals surface area contributed by atoms with Crippen LogP contribution < -0.4 is 0 Å². The molecule has 0 fully saturated rings. The third-order valence-electron chi connectivity index (χ3n) is 3.23. The van der Waals surface area contributed by atoms with Crippen molar-refractivity contribution >= 4 is 5.97 Å². The fourth-order valence-corrected chi connectivity index (χ4v) is 1.98. The van der Waals surface area contributed by atoms with Gasteiger partial charge in [0.25, 0.3) is 0 Å². The molecule has 0 aliphatic rings. The first-order valence-corrected chi connectivity index (χ1v) is 7.16. The maximum Gasteiger partial charge on any atom is 0.338 e. The molecule has 0 aliphatic heterocycles. The number of halogens is 1. The molecule has 4 heteroatoms. The summed E-state index contributed by atoms with van der Waals surface area (Å²) in [7, 11) is 0. The van der Waals surface area contributed by atoms with Gasteiger partial charge >= 0.3 is 5.97 Å². The van der Waals surface area contributed by atoms with E-state index in [9.17, 15) is 14.3 Å². The van der Waals surface area contributed by atoms with Crippen LogP contribution in [-0.4, -0.2) is 29.5 Å². The Morgan fingerprint density at radius 1 is 1.30 bits per heavy atom.